The fourth-order valence-electron chi connectivity index (χ4n) is 2.48. The normalized spacial score (nSPS) is 12.2. The second-order valence-corrected chi connectivity index (χ2v) is 9.14. The number of halogens is 3. The molecule has 0 radical (unpaired) electrons. The van der Waals surface area contributed by atoms with Crippen LogP contribution in [0.5, 0.6) is 0 Å². The van der Waals surface area contributed by atoms with E-state index >= 15 is 0 Å². The molecule has 28 heavy (non-hydrogen) atoms. The highest BCUT2D eigenvalue weighted by molar-refractivity contribution is 7.91. The van der Waals surface area contributed by atoms with Crippen LogP contribution in [-0.4, -0.2) is 48.7 Å². The van der Waals surface area contributed by atoms with Crippen molar-refractivity contribution in [3.8, 4) is 10.6 Å². The second kappa shape index (κ2) is 8.43. The van der Waals surface area contributed by atoms with Gasteiger partial charge in [0, 0.05) is 23.8 Å². The highest BCUT2D eigenvalue weighted by Gasteiger charge is 2.35. The maximum Gasteiger partial charge on any atom is 0.402 e. The lowest BCUT2D eigenvalue weighted by Crippen LogP contribution is -2.33. The lowest BCUT2D eigenvalue weighted by atomic mass is 10.3. The van der Waals surface area contributed by atoms with Gasteiger partial charge in [-0.1, -0.05) is 11.3 Å². The molecule has 2 aromatic rings. The number of carbonyl (C=O) groups is 1. The third-order valence-corrected chi connectivity index (χ3v) is 6.50. The average Bonchev–Trinajstić information content (AvgIpc) is 2.93. The Bertz CT molecular complexity index is 958. The minimum Gasteiger partial charge on any atom is -0.303 e. The van der Waals surface area contributed by atoms with Gasteiger partial charge in [-0.2, -0.15) is 13.2 Å². The largest absolute Gasteiger partial charge is 0.402 e. The molecule has 0 unspecified atom stereocenters. The fraction of sp³-hybridized carbons (Fsp3) is 0.438. The van der Waals surface area contributed by atoms with Crippen molar-refractivity contribution in [2.45, 2.75) is 26.4 Å². The van der Waals surface area contributed by atoms with Crippen molar-refractivity contribution >= 4 is 32.1 Å². The fourth-order valence-corrected chi connectivity index (χ4v) is 4.75. The Kier molecular flexibility index (Phi) is 6.65. The molecule has 154 valence electrons. The Morgan fingerprint density at radius 1 is 1.39 bits per heavy atom. The van der Waals surface area contributed by atoms with E-state index in [2.05, 4.69) is 4.98 Å². The van der Waals surface area contributed by atoms with E-state index in [1.165, 1.54) is 28.6 Å². The first kappa shape index (κ1) is 22.1. The van der Waals surface area contributed by atoms with Crippen molar-refractivity contribution < 1.29 is 36.3 Å². The summed E-state index contributed by atoms with van der Waals surface area (Å²) in [6.45, 7) is 3.54. The zero-order valence-electron chi connectivity index (χ0n) is 15.1. The molecule has 7 nitrogen and oxygen atoms in total. The number of aryl methyl sites for hydroxylation is 1. The summed E-state index contributed by atoms with van der Waals surface area (Å²) in [6, 6.07) is 3.33. The van der Waals surface area contributed by atoms with E-state index in [0.29, 0.717) is 21.3 Å². The standard InChI is InChI=1S/C16H19F3N3O4S2/c1-3-22(13(23)6-8-28(25,26)10-16(17,18)19)15-11(2)20-14(27-15)12-5-4-7-21(24)9-12/h4-5,7,9,24H,3,6,8,10H2,1-2H3/q+1. The molecular formula is C16H19F3N3O4S2+. The summed E-state index contributed by atoms with van der Waals surface area (Å²) in [7, 11) is -4.43. The molecule has 0 aliphatic heterocycles. The SMILES string of the molecule is CCN(C(=O)CCS(=O)(=O)CC(F)(F)F)c1sc(-c2ccc[n+](O)c2)nc1C. The first-order valence-corrected chi connectivity index (χ1v) is 10.8. The van der Waals surface area contributed by atoms with Crippen molar-refractivity contribution in [1.82, 2.24) is 4.98 Å². The van der Waals surface area contributed by atoms with Crippen LogP contribution in [0.1, 0.15) is 19.0 Å². The molecule has 0 bridgehead atoms. The van der Waals surface area contributed by atoms with Gasteiger partial charge in [0.15, 0.2) is 9.84 Å². The van der Waals surface area contributed by atoms with Crippen LogP contribution >= 0.6 is 11.3 Å². The van der Waals surface area contributed by atoms with E-state index in [-0.39, 0.29) is 6.54 Å². The summed E-state index contributed by atoms with van der Waals surface area (Å²) in [5, 5.41) is 10.5. The molecular weight excluding hydrogens is 419 g/mol. The molecule has 2 heterocycles. The topological polar surface area (TPSA) is 91.5 Å². The first-order valence-electron chi connectivity index (χ1n) is 8.18. The van der Waals surface area contributed by atoms with Crippen LogP contribution in [-0.2, 0) is 14.6 Å². The number of sulfone groups is 1. The molecule has 0 aliphatic rings. The summed E-state index contributed by atoms with van der Waals surface area (Å²) in [4.78, 5) is 18.1. The number of carbonyl (C=O) groups excluding carboxylic acids is 1. The van der Waals surface area contributed by atoms with E-state index in [1.807, 2.05) is 0 Å². The molecule has 0 fully saturated rings. The van der Waals surface area contributed by atoms with E-state index in [9.17, 15) is 31.6 Å². The number of thiazole rings is 1. The molecule has 2 rings (SSSR count). The number of aromatic nitrogens is 2. The van der Waals surface area contributed by atoms with Crippen molar-refractivity contribution in [3.63, 3.8) is 0 Å². The predicted octanol–water partition coefficient (Wildman–Crippen LogP) is 2.36. The van der Waals surface area contributed by atoms with Gasteiger partial charge in [-0.25, -0.2) is 13.4 Å². The van der Waals surface area contributed by atoms with Crippen molar-refractivity contribution in [2.24, 2.45) is 0 Å². The van der Waals surface area contributed by atoms with E-state index < -0.39 is 39.8 Å². The lowest BCUT2D eigenvalue weighted by Gasteiger charge is -2.19. The van der Waals surface area contributed by atoms with Gasteiger partial charge in [-0.15, -0.1) is 0 Å². The third-order valence-electron chi connectivity index (χ3n) is 3.68. The second-order valence-electron chi connectivity index (χ2n) is 5.98. The summed E-state index contributed by atoms with van der Waals surface area (Å²) < 4.78 is 60.9. The first-order chi connectivity index (χ1) is 12.9. The van der Waals surface area contributed by atoms with Gasteiger partial charge in [-0.3, -0.25) is 10.0 Å². The highest BCUT2D eigenvalue weighted by atomic mass is 32.2. The molecule has 0 aliphatic carbocycles. The number of hydrogen-bond acceptors (Lipinski definition) is 6. The smallest absolute Gasteiger partial charge is 0.303 e. The van der Waals surface area contributed by atoms with E-state index in [4.69, 9.17) is 0 Å². The van der Waals surface area contributed by atoms with Gasteiger partial charge < -0.3 is 4.90 Å². The van der Waals surface area contributed by atoms with Gasteiger partial charge >= 0.3 is 6.18 Å². The van der Waals surface area contributed by atoms with E-state index in [0.717, 1.165) is 4.73 Å². The van der Waals surface area contributed by atoms with Crippen LogP contribution in [0.2, 0.25) is 0 Å². The van der Waals surface area contributed by atoms with E-state index in [1.54, 1.807) is 26.0 Å². The molecule has 2 aromatic heterocycles. The zero-order chi connectivity index (χ0) is 21.1. The quantitative estimate of drug-likeness (QED) is 0.529. The van der Waals surface area contributed by atoms with Gasteiger partial charge in [0.1, 0.15) is 15.8 Å². The molecule has 0 aromatic carbocycles. The Morgan fingerprint density at radius 2 is 2.07 bits per heavy atom. The monoisotopic (exact) mass is 438 g/mol. The minimum absolute atomic E-state index is 0.204. The predicted molar refractivity (Wildman–Crippen MR) is 97.0 cm³/mol. The van der Waals surface area contributed by atoms with Gasteiger partial charge in [0.05, 0.1) is 17.0 Å². The molecule has 1 amide bonds. The number of pyridine rings is 1. The van der Waals surface area contributed by atoms with Crippen LogP contribution in [0, 0.1) is 6.92 Å². The minimum atomic E-state index is -4.84. The van der Waals surface area contributed by atoms with Gasteiger partial charge in [-0.05, 0) is 19.9 Å². The number of amides is 1. The van der Waals surface area contributed by atoms with Crippen LogP contribution in [0.3, 0.4) is 0 Å². The molecule has 0 atom stereocenters. The van der Waals surface area contributed by atoms with Crippen molar-refractivity contribution in [3.05, 3.63) is 30.2 Å². The highest BCUT2D eigenvalue weighted by Crippen LogP contribution is 2.34. The Balaban J connectivity index is 2.18. The number of nitrogens with zero attached hydrogens (tertiary/aromatic N) is 3. The summed E-state index contributed by atoms with van der Waals surface area (Å²) in [5.41, 5.74) is 1.13. The summed E-state index contributed by atoms with van der Waals surface area (Å²) >= 11 is 1.17. The number of anilines is 1. The van der Waals surface area contributed by atoms with Gasteiger partial charge in [0.2, 0.25) is 18.3 Å². The maximum atomic E-state index is 12.5. The number of hydrogen-bond donors (Lipinski definition) is 1. The Hall–Kier alpha value is -2.21. The van der Waals surface area contributed by atoms with Crippen molar-refractivity contribution in [1.29, 1.82) is 0 Å². The Labute approximate surface area is 163 Å². The Morgan fingerprint density at radius 3 is 2.64 bits per heavy atom. The van der Waals surface area contributed by atoms with Gasteiger partial charge in [0.25, 0.3) is 0 Å². The van der Waals surface area contributed by atoms with Crippen LogP contribution < -0.4 is 9.63 Å². The summed E-state index contributed by atoms with van der Waals surface area (Å²) in [6.07, 6.45) is -2.53. The van der Waals surface area contributed by atoms with Crippen LogP contribution in [0.4, 0.5) is 18.2 Å². The number of rotatable bonds is 7. The molecule has 12 heteroatoms. The molecule has 1 N–H and O–H groups in total. The zero-order valence-corrected chi connectivity index (χ0v) is 16.7. The number of alkyl halides is 3. The molecule has 0 spiro atoms. The maximum absolute atomic E-state index is 12.5. The summed E-state index contributed by atoms with van der Waals surface area (Å²) in [5.74, 6) is -3.43. The van der Waals surface area contributed by atoms with Crippen molar-refractivity contribution in [2.75, 3.05) is 23.0 Å². The van der Waals surface area contributed by atoms with Crippen LogP contribution in [0.15, 0.2) is 24.5 Å². The third kappa shape index (κ3) is 5.89. The molecule has 0 saturated heterocycles. The molecule has 0 saturated carbocycles. The van der Waals surface area contributed by atoms with Crippen LogP contribution in [0.25, 0.3) is 10.6 Å². The average molecular weight is 438 g/mol. The lowest BCUT2D eigenvalue weighted by molar-refractivity contribution is -0.904.